The molecule has 0 heterocycles. The van der Waals surface area contributed by atoms with E-state index in [9.17, 15) is 4.79 Å². The maximum Gasteiger partial charge on any atom is 0.326 e. The fourth-order valence-electron chi connectivity index (χ4n) is 0.510. The van der Waals surface area contributed by atoms with Crippen LogP contribution >= 0.6 is 23.5 Å². The van der Waals surface area contributed by atoms with Gasteiger partial charge >= 0.3 is 5.97 Å². The second-order valence-electron chi connectivity index (χ2n) is 1.86. The Labute approximate surface area is 79.4 Å². The van der Waals surface area contributed by atoms with E-state index in [2.05, 4.69) is 0 Å². The first-order chi connectivity index (χ1) is 5.72. The predicted molar refractivity (Wildman–Crippen MR) is 50.5 cm³/mol. The highest BCUT2D eigenvalue weighted by atomic mass is 32.2. The van der Waals surface area contributed by atoms with Gasteiger partial charge < -0.3 is 15.3 Å². The smallest absolute Gasteiger partial charge is 0.326 e. The molecule has 6 heteroatoms. The molecule has 3 N–H and O–H groups in total. The third-order valence-corrected chi connectivity index (χ3v) is 3.58. The quantitative estimate of drug-likeness (QED) is 0.509. The highest BCUT2D eigenvalue weighted by Crippen LogP contribution is 2.23. The molecule has 0 rings (SSSR count). The molecule has 72 valence electrons. The molecule has 0 atom stereocenters. The van der Waals surface area contributed by atoms with E-state index in [-0.39, 0.29) is 13.2 Å². The van der Waals surface area contributed by atoms with Gasteiger partial charge in [-0.15, -0.1) is 23.5 Å². The van der Waals surface area contributed by atoms with Crippen molar-refractivity contribution in [3.8, 4) is 0 Å². The molecule has 0 saturated heterocycles. The first-order valence-electron chi connectivity index (χ1n) is 3.40. The second kappa shape index (κ2) is 7.72. The van der Waals surface area contributed by atoms with Gasteiger partial charge in [-0.2, -0.15) is 0 Å². The number of aliphatic carboxylic acids is 1. The van der Waals surface area contributed by atoms with Crippen molar-refractivity contribution in [3.05, 3.63) is 0 Å². The van der Waals surface area contributed by atoms with Gasteiger partial charge in [0.1, 0.15) is 4.58 Å². The third-order valence-electron chi connectivity index (χ3n) is 0.923. The first-order valence-corrected chi connectivity index (χ1v) is 5.50. The van der Waals surface area contributed by atoms with Crippen LogP contribution in [0.3, 0.4) is 0 Å². The molecule has 0 aromatic carbocycles. The van der Waals surface area contributed by atoms with Crippen molar-refractivity contribution >= 4 is 29.5 Å². The molecule has 0 aliphatic rings. The molecule has 0 bridgehead atoms. The van der Waals surface area contributed by atoms with Gasteiger partial charge in [0.25, 0.3) is 0 Å². The van der Waals surface area contributed by atoms with Crippen molar-refractivity contribution in [2.24, 2.45) is 0 Å². The summed E-state index contributed by atoms with van der Waals surface area (Å²) in [5, 5.41) is 25.5. The Morgan fingerprint density at radius 3 is 1.83 bits per heavy atom. The molecule has 0 aromatic rings. The molecule has 0 fully saturated rings. The number of thioether (sulfide) groups is 2. The van der Waals surface area contributed by atoms with Gasteiger partial charge in [-0.05, 0) is 0 Å². The Morgan fingerprint density at radius 1 is 1.17 bits per heavy atom. The molecule has 12 heavy (non-hydrogen) atoms. The summed E-state index contributed by atoms with van der Waals surface area (Å²) in [6.45, 7) is -0.0394. The van der Waals surface area contributed by atoms with Crippen LogP contribution < -0.4 is 0 Å². The summed E-state index contributed by atoms with van der Waals surface area (Å²) in [6, 6.07) is 0. The summed E-state index contributed by atoms with van der Waals surface area (Å²) in [5.74, 6) is -0.0861. The largest absolute Gasteiger partial charge is 0.480 e. The molecule has 0 amide bonds. The normalized spacial score (nSPS) is 10.6. The van der Waals surface area contributed by atoms with E-state index >= 15 is 0 Å². The van der Waals surface area contributed by atoms with Crippen LogP contribution in [0.2, 0.25) is 0 Å². The van der Waals surface area contributed by atoms with E-state index in [0.717, 1.165) is 0 Å². The van der Waals surface area contributed by atoms with Crippen LogP contribution in [0.4, 0.5) is 0 Å². The van der Waals surface area contributed by atoms with Gasteiger partial charge in [0.2, 0.25) is 0 Å². The summed E-state index contributed by atoms with van der Waals surface area (Å²) in [4.78, 5) is 10.5. The number of carboxylic acid groups (broad SMARTS) is 1. The molecule has 0 spiro atoms. The number of aliphatic hydroxyl groups is 2. The minimum absolute atomic E-state index is 0.0197. The predicted octanol–water partition coefficient (Wildman–Crippen LogP) is -0.152. The third kappa shape index (κ3) is 5.70. The van der Waals surface area contributed by atoms with Gasteiger partial charge in [-0.1, -0.05) is 0 Å². The molecule has 0 aliphatic carbocycles. The van der Waals surface area contributed by atoms with Gasteiger partial charge in [-0.3, -0.25) is 4.79 Å². The Bertz CT molecular complexity index is 123. The maximum absolute atomic E-state index is 10.5. The van der Waals surface area contributed by atoms with Crippen molar-refractivity contribution in [3.63, 3.8) is 0 Å². The number of hydrogen-bond donors (Lipinski definition) is 3. The lowest BCUT2D eigenvalue weighted by Gasteiger charge is -2.09. The Hall–Kier alpha value is 0.0900. The molecular weight excluding hydrogens is 200 g/mol. The topological polar surface area (TPSA) is 77.8 Å². The van der Waals surface area contributed by atoms with Gasteiger partial charge in [0.05, 0.1) is 13.2 Å². The monoisotopic (exact) mass is 212 g/mol. The second-order valence-corrected chi connectivity index (χ2v) is 4.58. The SMILES string of the molecule is O=C(O)C(SCCO)SCCO. The summed E-state index contributed by atoms with van der Waals surface area (Å²) >= 11 is 2.34. The lowest BCUT2D eigenvalue weighted by atomic mass is 10.8. The number of rotatable bonds is 7. The lowest BCUT2D eigenvalue weighted by molar-refractivity contribution is -0.134. The van der Waals surface area contributed by atoms with Crippen molar-refractivity contribution < 1.29 is 20.1 Å². The number of aliphatic hydroxyl groups excluding tert-OH is 2. The Morgan fingerprint density at radius 2 is 1.58 bits per heavy atom. The molecule has 0 aliphatic heterocycles. The van der Waals surface area contributed by atoms with Gasteiger partial charge in [0.15, 0.2) is 0 Å². The fraction of sp³-hybridized carbons (Fsp3) is 0.833. The lowest BCUT2D eigenvalue weighted by Crippen LogP contribution is -2.14. The molecule has 0 unspecified atom stereocenters. The maximum atomic E-state index is 10.5. The van der Waals surface area contributed by atoms with Crippen molar-refractivity contribution in [2.45, 2.75) is 4.58 Å². The van der Waals surface area contributed by atoms with Crippen LogP contribution in [0.25, 0.3) is 0 Å². The van der Waals surface area contributed by atoms with Crippen LogP contribution in [0.5, 0.6) is 0 Å². The molecule has 4 nitrogen and oxygen atoms in total. The van der Waals surface area contributed by atoms with Crippen LogP contribution in [0.1, 0.15) is 0 Å². The minimum Gasteiger partial charge on any atom is -0.480 e. The fourth-order valence-corrected chi connectivity index (χ4v) is 2.40. The van der Waals surface area contributed by atoms with Gasteiger partial charge in [0, 0.05) is 11.5 Å². The van der Waals surface area contributed by atoms with Crippen LogP contribution in [-0.4, -0.2) is 50.6 Å². The van der Waals surface area contributed by atoms with Crippen LogP contribution in [-0.2, 0) is 4.79 Å². The van der Waals surface area contributed by atoms with E-state index in [1.807, 2.05) is 0 Å². The Kier molecular flexibility index (Phi) is 7.78. The molecule has 0 saturated carbocycles. The van der Waals surface area contributed by atoms with E-state index < -0.39 is 10.6 Å². The zero-order valence-corrected chi connectivity index (χ0v) is 8.11. The summed E-state index contributed by atoms with van der Waals surface area (Å²) in [7, 11) is 0. The van der Waals surface area contributed by atoms with E-state index in [1.165, 1.54) is 23.5 Å². The van der Waals surface area contributed by atoms with E-state index in [4.69, 9.17) is 15.3 Å². The molecule has 0 aromatic heterocycles. The summed E-state index contributed by atoms with van der Waals surface area (Å²) in [5.41, 5.74) is 0. The standard InChI is InChI=1S/C6H12O4S2/c7-1-3-11-6(5(9)10)12-4-2-8/h6-8H,1-4H2,(H,9,10). The Balaban J connectivity index is 3.62. The van der Waals surface area contributed by atoms with Gasteiger partial charge in [-0.25, -0.2) is 0 Å². The zero-order valence-electron chi connectivity index (χ0n) is 6.47. The van der Waals surface area contributed by atoms with Crippen molar-refractivity contribution in [2.75, 3.05) is 24.7 Å². The number of carbonyl (C=O) groups is 1. The minimum atomic E-state index is -0.910. The zero-order chi connectivity index (χ0) is 9.40. The number of hydrogen-bond acceptors (Lipinski definition) is 5. The highest BCUT2D eigenvalue weighted by molar-refractivity contribution is 8.18. The summed E-state index contributed by atoms with van der Waals surface area (Å²) < 4.78 is -0.579. The first kappa shape index (κ1) is 12.1. The molecular formula is C6H12O4S2. The average molecular weight is 212 g/mol. The van der Waals surface area contributed by atoms with Crippen molar-refractivity contribution in [1.29, 1.82) is 0 Å². The number of carboxylic acids is 1. The average Bonchev–Trinajstić information content (AvgIpc) is 2.04. The van der Waals surface area contributed by atoms with Crippen molar-refractivity contribution in [1.82, 2.24) is 0 Å². The summed E-state index contributed by atoms with van der Waals surface area (Å²) in [6.07, 6.45) is 0. The van der Waals surface area contributed by atoms with Crippen LogP contribution in [0.15, 0.2) is 0 Å². The van der Waals surface area contributed by atoms with Crippen LogP contribution in [0, 0.1) is 0 Å². The van der Waals surface area contributed by atoms with E-state index in [1.54, 1.807) is 0 Å². The molecule has 0 radical (unpaired) electrons. The highest BCUT2D eigenvalue weighted by Gasteiger charge is 2.17. The van der Waals surface area contributed by atoms with E-state index in [0.29, 0.717) is 11.5 Å².